The van der Waals surface area contributed by atoms with Gasteiger partial charge in [-0.3, -0.25) is 4.79 Å². The first kappa shape index (κ1) is 13.6. The lowest BCUT2D eigenvalue weighted by Crippen LogP contribution is -2.34. The number of anilines is 1. The summed E-state index contributed by atoms with van der Waals surface area (Å²) in [6.07, 6.45) is 3.26. The van der Waals surface area contributed by atoms with Gasteiger partial charge in [0.1, 0.15) is 0 Å². The van der Waals surface area contributed by atoms with E-state index in [1.807, 2.05) is 32.2 Å². The summed E-state index contributed by atoms with van der Waals surface area (Å²) < 4.78 is 0. The summed E-state index contributed by atoms with van der Waals surface area (Å²) in [5, 5.41) is 13.9. The summed E-state index contributed by atoms with van der Waals surface area (Å²) >= 11 is 0. The van der Waals surface area contributed by atoms with Crippen LogP contribution in [-0.4, -0.2) is 30.1 Å². The van der Waals surface area contributed by atoms with E-state index in [2.05, 4.69) is 5.32 Å². The van der Waals surface area contributed by atoms with Crippen molar-refractivity contribution >= 4 is 11.6 Å². The van der Waals surface area contributed by atoms with E-state index < -0.39 is 6.10 Å². The number of carbonyl (C=O) groups is 1. The zero-order chi connectivity index (χ0) is 14.3. The monoisotopic (exact) mass is 274 g/mol. The molecule has 3 rings (SSSR count). The maximum absolute atomic E-state index is 11.7. The van der Waals surface area contributed by atoms with Crippen molar-refractivity contribution in [2.75, 3.05) is 11.9 Å². The Labute approximate surface area is 119 Å². The molecular formula is C16H22N2O2. The third-order valence-corrected chi connectivity index (χ3v) is 4.34. The Kier molecular flexibility index (Phi) is 3.52. The Bertz CT molecular complexity index is 525. The van der Waals surface area contributed by atoms with Crippen LogP contribution in [0.25, 0.3) is 0 Å². The SMILES string of the molecule is CC(NC1CC1)C(O)c1ccc2c(c1)CCC(=O)N2C. The average molecular weight is 274 g/mol. The lowest BCUT2D eigenvalue weighted by molar-refractivity contribution is -0.118. The Morgan fingerprint density at radius 2 is 2.10 bits per heavy atom. The minimum absolute atomic E-state index is 0.0588. The number of benzene rings is 1. The molecule has 1 amide bonds. The van der Waals surface area contributed by atoms with Crippen LogP contribution in [0.3, 0.4) is 0 Å². The molecule has 4 heteroatoms. The molecule has 2 N–H and O–H groups in total. The highest BCUT2D eigenvalue weighted by molar-refractivity contribution is 5.95. The van der Waals surface area contributed by atoms with Gasteiger partial charge in [-0.05, 0) is 43.4 Å². The van der Waals surface area contributed by atoms with Gasteiger partial charge in [0.05, 0.1) is 6.10 Å². The number of rotatable bonds is 4. The smallest absolute Gasteiger partial charge is 0.227 e. The van der Waals surface area contributed by atoms with Crippen LogP contribution in [0.15, 0.2) is 18.2 Å². The first-order valence-corrected chi connectivity index (χ1v) is 7.40. The maximum atomic E-state index is 11.7. The van der Waals surface area contributed by atoms with E-state index in [0.29, 0.717) is 12.5 Å². The lowest BCUT2D eigenvalue weighted by atomic mass is 9.95. The Balaban J connectivity index is 1.79. The topological polar surface area (TPSA) is 52.6 Å². The molecule has 2 atom stereocenters. The highest BCUT2D eigenvalue weighted by Gasteiger charge is 2.27. The Morgan fingerprint density at radius 3 is 2.80 bits per heavy atom. The molecule has 0 bridgehead atoms. The van der Waals surface area contributed by atoms with E-state index in [0.717, 1.165) is 23.2 Å². The van der Waals surface area contributed by atoms with E-state index in [1.165, 1.54) is 12.8 Å². The Hall–Kier alpha value is -1.39. The summed E-state index contributed by atoms with van der Waals surface area (Å²) in [5.74, 6) is 0.162. The van der Waals surface area contributed by atoms with Crippen molar-refractivity contribution in [3.8, 4) is 0 Å². The second kappa shape index (κ2) is 5.19. The van der Waals surface area contributed by atoms with Gasteiger partial charge >= 0.3 is 0 Å². The normalized spacial score (nSPS) is 21.6. The molecule has 0 saturated heterocycles. The van der Waals surface area contributed by atoms with Gasteiger partial charge in [-0.25, -0.2) is 0 Å². The number of carbonyl (C=O) groups excluding carboxylic acids is 1. The van der Waals surface area contributed by atoms with Crippen molar-refractivity contribution in [1.82, 2.24) is 5.32 Å². The standard InChI is InChI=1S/C16H22N2O2/c1-10(17-13-5-6-13)16(20)12-3-7-14-11(9-12)4-8-15(19)18(14)2/h3,7,9-10,13,16-17,20H,4-6,8H2,1-2H3. The highest BCUT2D eigenvalue weighted by atomic mass is 16.3. The van der Waals surface area contributed by atoms with Gasteiger partial charge in [-0.1, -0.05) is 12.1 Å². The zero-order valence-electron chi connectivity index (χ0n) is 12.1. The molecule has 108 valence electrons. The van der Waals surface area contributed by atoms with Crippen molar-refractivity contribution in [2.24, 2.45) is 0 Å². The van der Waals surface area contributed by atoms with Crippen LogP contribution in [-0.2, 0) is 11.2 Å². The van der Waals surface area contributed by atoms with Gasteiger partial charge in [0, 0.05) is 31.2 Å². The fraction of sp³-hybridized carbons (Fsp3) is 0.562. The predicted molar refractivity (Wildman–Crippen MR) is 78.8 cm³/mol. The molecule has 4 nitrogen and oxygen atoms in total. The summed E-state index contributed by atoms with van der Waals surface area (Å²) in [6, 6.07) is 6.58. The second-order valence-electron chi connectivity index (χ2n) is 6.02. The number of nitrogens with zero attached hydrogens (tertiary/aromatic N) is 1. The summed E-state index contributed by atoms with van der Waals surface area (Å²) in [4.78, 5) is 13.4. The molecular weight excluding hydrogens is 252 g/mol. The first-order chi connectivity index (χ1) is 9.56. The molecule has 1 aliphatic carbocycles. The molecule has 1 aromatic rings. The number of hydrogen-bond donors (Lipinski definition) is 2. The van der Waals surface area contributed by atoms with Gasteiger partial charge in [-0.15, -0.1) is 0 Å². The number of aliphatic hydroxyl groups is 1. The van der Waals surface area contributed by atoms with Crippen LogP contribution in [0, 0.1) is 0 Å². The molecule has 2 aliphatic rings. The van der Waals surface area contributed by atoms with Crippen LogP contribution in [0.4, 0.5) is 5.69 Å². The van der Waals surface area contributed by atoms with Crippen molar-refractivity contribution in [3.63, 3.8) is 0 Å². The van der Waals surface area contributed by atoms with Gasteiger partial charge in [0.2, 0.25) is 5.91 Å². The molecule has 1 aromatic carbocycles. The fourth-order valence-electron chi connectivity index (χ4n) is 2.86. The van der Waals surface area contributed by atoms with E-state index in [9.17, 15) is 9.90 Å². The molecule has 1 fully saturated rings. The Morgan fingerprint density at radius 1 is 1.35 bits per heavy atom. The third kappa shape index (κ3) is 2.58. The van der Waals surface area contributed by atoms with Gasteiger partial charge in [0.25, 0.3) is 0 Å². The minimum Gasteiger partial charge on any atom is -0.387 e. The highest BCUT2D eigenvalue weighted by Crippen LogP contribution is 2.31. The number of amides is 1. The molecule has 1 saturated carbocycles. The fourth-order valence-corrected chi connectivity index (χ4v) is 2.86. The van der Waals surface area contributed by atoms with Crippen molar-refractivity contribution in [3.05, 3.63) is 29.3 Å². The van der Waals surface area contributed by atoms with Gasteiger partial charge < -0.3 is 15.3 Å². The van der Waals surface area contributed by atoms with Crippen LogP contribution < -0.4 is 10.2 Å². The van der Waals surface area contributed by atoms with Gasteiger partial charge in [0.15, 0.2) is 0 Å². The zero-order valence-corrected chi connectivity index (χ0v) is 12.1. The molecule has 1 heterocycles. The van der Waals surface area contributed by atoms with E-state index in [-0.39, 0.29) is 11.9 Å². The van der Waals surface area contributed by atoms with E-state index in [4.69, 9.17) is 0 Å². The lowest BCUT2D eigenvalue weighted by Gasteiger charge is -2.27. The molecule has 0 spiro atoms. The third-order valence-electron chi connectivity index (χ3n) is 4.34. The average Bonchev–Trinajstić information content (AvgIpc) is 3.25. The summed E-state index contributed by atoms with van der Waals surface area (Å²) in [7, 11) is 1.81. The van der Waals surface area contributed by atoms with Crippen LogP contribution in [0.5, 0.6) is 0 Å². The number of fused-ring (bicyclic) bond motifs is 1. The maximum Gasteiger partial charge on any atom is 0.227 e. The summed E-state index contributed by atoms with van der Waals surface area (Å²) in [6.45, 7) is 2.03. The molecule has 1 aliphatic heterocycles. The first-order valence-electron chi connectivity index (χ1n) is 7.40. The van der Waals surface area contributed by atoms with Crippen LogP contribution >= 0.6 is 0 Å². The van der Waals surface area contributed by atoms with Crippen molar-refractivity contribution in [2.45, 2.75) is 50.8 Å². The molecule has 2 unspecified atom stereocenters. The number of aliphatic hydroxyl groups excluding tert-OH is 1. The quantitative estimate of drug-likeness (QED) is 0.880. The van der Waals surface area contributed by atoms with E-state index in [1.54, 1.807) is 4.90 Å². The minimum atomic E-state index is -0.496. The molecule has 0 aromatic heterocycles. The van der Waals surface area contributed by atoms with E-state index >= 15 is 0 Å². The summed E-state index contributed by atoms with van der Waals surface area (Å²) in [5.41, 5.74) is 3.06. The number of hydrogen-bond acceptors (Lipinski definition) is 3. The second-order valence-corrected chi connectivity index (χ2v) is 6.02. The largest absolute Gasteiger partial charge is 0.387 e. The molecule has 0 radical (unpaired) electrons. The van der Waals surface area contributed by atoms with Crippen molar-refractivity contribution in [1.29, 1.82) is 0 Å². The predicted octanol–water partition coefficient (Wildman–Crippen LogP) is 1.77. The number of nitrogens with one attached hydrogen (secondary N) is 1. The van der Waals surface area contributed by atoms with Crippen molar-refractivity contribution < 1.29 is 9.90 Å². The molecule has 20 heavy (non-hydrogen) atoms. The number of aryl methyl sites for hydroxylation is 1. The van der Waals surface area contributed by atoms with Gasteiger partial charge in [-0.2, -0.15) is 0 Å². The van der Waals surface area contributed by atoms with Crippen LogP contribution in [0.1, 0.15) is 43.4 Å². The van der Waals surface area contributed by atoms with Crippen LogP contribution in [0.2, 0.25) is 0 Å².